The first-order chi connectivity index (χ1) is 13.4. The summed E-state index contributed by atoms with van der Waals surface area (Å²) < 4.78 is 27.4. The quantitative estimate of drug-likeness (QED) is 0.517. The maximum absolute atomic E-state index is 13.3. The van der Waals surface area contributed by atoms with Gasteiger partial charge >= 0.3 is 0 Å². The van der Waals surface area contributed by atoms with Crippen LogP contribution < -0.4 is 0 Å². The highest BCUT2D eigenvalue weighted by atomic mass is 35.5. The molecule has 1 aromatic heterocycles. The molecule has 0 unspecified atom stereocenters. The average Bonchev–Trinajstić information content (AvgIpc) is 3.11. The first-order valence-corrected chi connectivity index (χ1v) is 9.96. The van der Waals surface area contributed by atoms with E-state index in [1.54, 1.807) is 18.2 Å². The lowest BCUT2D eigenvalue weighted by Crippen LogP contribution is -2.42. The van der Waals surface area contributed by atoms with Crippen LogP contribution >= 0.6 is 22.9 Å². The highest BCUT2D eigenvalue weighted by Crippen LogP contribution is 2.36. The number of carbonyl (C=O) groups excluding carboxylic acids is 1. The Labute approximate surface area is 169 Å². The molecule has 4 rings (SSSR count). The van der Waals surface area contributed by atoms with E-state index in [0.717, 1.165) is 21.2 Å². The molecule has 1 aliphatic heterocycles. The molecule has 0 radical (unpaired) electrons. The normalized spacial score (nSPS) is 16.1. The Morgan fingerprint density at radius 2 is 1.79 bits per heavy atom. The molecule has 0 atom stereocenters. The molecule has 0 spiro atoms. The number of benzene rings is 2. The van der Waals surface area contributed by atoms with Crippen LogP contribution in [0.3, 0.4) is 0 Å². The predicted molar refractivity (Wildman–Crippen MR) is 107 cm³/mol. The number of fused-ring (bicyclic) bond motifs is 1. The van der Waals surface area contributed by atoms with E-state index in [0.29, 0.717) is 15.5 Å². The van der Waals surface area contributed by atoms with Gasteiger partial charge in [0.2, 0.25) is 0 Å². The summed E-state index contributed by atoms with van der Waals surface area (Å²) in [6.45, 7) is 0.137. The summed E-state index contributed by atoms with van der Waals surface area (Å²) in [5.41, 5.74) is 2.25. The fourth-order valence-electron chi connectivity index (χ4n) is 3.36. The summed E-state index contributed by atoms with van der Waals surface area (Å²) in [6.07, 6.45) is -0.582. The zero-order valence-electron chi connectivity index (χ0n) is 14.7. The highest BCUT2D eigenvalue weighted by Gasteiger charge is 2.35. The van der Waals surface area contributed by atoms with E-state index < -0.39 is 5.92 Å². The predicted octanol–water partition coefficient (Wildman–Crippen LogP) is 5.96. The lowest BCUT2D eigenvalue weighted by Gasteiger charge is -2.31. The van der Waals surface area contributed by atoms with Crippen molar-refractivity contribution in [2.24, 2.45) is 0 Å². The Balaban J connectivity index is 1.57. The molecule has 2 heterocycles. The second-order valence-electron chi connectivity index (χ2n) is 6.82. The molecular formula is C21H15ClF2N2OS. The Morgan fingerprint density at radius 1 is 1.11 bits per heavy atom. The average molecular weight is 417 g/mol. The maximum Gasteiger partial charge on any atom is 0.253 e. The molecule has 2 aromatic carbocycles. The minimum absolute atomic E-state index is 0.0687. The van der Waals surface area contributed by atoms with E-state index in [2.05, 4.69) is 6.07 Å². The highest BCUT2D eigenvalue weighted by molar-refractivity contribution is 7.20. The third kappa shape index (κ3) is 3.60. The van der Waals surface area contributed by atoms with Crippen LogP contribution in [-0.2, 0) is 0 Å². The molecule has 1 saturated heterocycles. The topological polar surface area (TPSA) is 44.1 Å². The minimum Gasteiger partial charge on any atom is -0.338 e. The van der Waals surface area contributed by atoms with Crippen molar-refractivity contribution in [3.05, 3.63) is 57.9 Å². The van der Waals surface area contributed by atoms with Gasteiger partial charge in [0.25, 0.3) is 11.8 Å². The molecule has 3 aromatic rings. The minimum atomic E-state index is -2.67. The van der Waals surface area contributed by atoms with Crippen molar-refractivity contribution in [3.8, 4) is 17.2 Å². The SMILES string of the molecule is N#Cc1cc2cc(-c3ccc(C(=O)N4CCC(F)(F)CC4)cc3)cc(Cl)c2s1. The smallest absolute Gasteiger partial charge is 0.253 e. The number of rotatable bonds is 2. The molecule has 1 amide bonds. The van der Waals surface area contributed by atoms with Gasteiger partial charge in [-0.25, -0.2) is 8.78 Å². The van der Waals surface area contributed by atoms with Crippen molar-refractivity contribution in [2.45, 2.75) is 18.8 Å². The van der Waals surface area contributed by atoms with Gasteiger partial charge in [0.15, 0.2) is 0 Å². The largest absolute Gasteiger partial charge is 0.338 e. The third-order valence-electron chi connectivity index (χ3n) is 4.93. The van der Waals surface area contributed by atoms with Gasteiger partial charge in [-0.1, -0.05) is 23.7 Å². The number of thiophene rings is 1. The second kappa shape index (κ2) is 7.16. The summed E-state index contributed by atoms with van der Waals surface area (Å²) in [5.74, 6) is -2.90. The van der Waals surface area contributed by atoms with Crippen molar-refractivity contribution >= 4 is 38.9 Å². The first kappa shape index (κ1) is 18.9. The summed E-state index contributed by atoms with van der Waals surface area (Å²) in [4.78, 5) is 14.6. The number of nitriles is 1. The number of halogens is 3. The Morgan fingerprint density at radius 3 is 2.43 bits per heavy atom. The van der Waals surface area contributed by atoms with Gasteiger partial charge in [0, 0.05) is 31.5 Å². The van der Waals surface area contributed by atoms with Crippen LogP contribution in [0.5, 0.6) is 0 Å². The number of hydrogen-bond acceptors (Lipinski definition) is 3. The number of likely N-dealkylation sites (tertiary alicyclic amines) is 1. The molecule has 28 heavy (non-hydrogen) atoms. The second-order valence-corrected chi connectivity index (χ2v) is 8.28. The molecule has 3 nitrogen and oxygen atoms in total. The summed E-state index contributed by atoms with van der Waals surface area (Å²) in [7, 11) is 0. The molecule has 0 saturated carbocycles. The van der Waals surface area contributed by atoms with Crippen molar-refractivity contribution in [1.29, 1.82) is 5.26 Å². The number of carbonyl (C=O) groups is 1. The number of piperidine rings is 1. The number of alkyl halides is 2. The molecule has 1 fully saturated rings. The number of amides is 1. The van der Waals surface area contributed by atoms with Crippen molar-refractivity contribution in [3.63, 3.8) is 0 Å². The van der Waals surface area contributed by atoms with Gasteiger partial charge in [-0.15, -0.1) is 11.3 Å². The van der Waals surface area contributed by atoms with Crippen molar-refractivity contribution in [1.82, 2.24) is 4.90 Å². The van der Waals surface area contributed by atoms with Gasteiger partial charge < -0.3 is 4.90 Å². The van der Waals surface area contributed by atoms with Crippen LogP contribution in [-0.4, -0.2) is 29.8 Å². The number of hydrogen-bond donors (Lipinski definition) is 0. The van der Waals surface area contributed by atoms with E-state index in [-0.39, 0.29) is 31.8 Å². The van der Waals surface area contributed by atoms with E-state index in [1.165, 1.54) is 16.2 Å². The van der Waals surface area contributed by atoms with Crippen LogP contribution in [0.15, 0.2) is 42.5 Å². The van der Waals surface area contributed by atoms with E-state index >= 15 is 0 Å². The lowest BCUT2D eigenvalue weighted by atomic mass is 10.0. The van der Waals surface area contributed by atoms with Crippen molar-refractivity contribution in [2.75, 3.05) is 13.1 Å². The van der Waals surface area contributed by atoms with Crippen LogP contribution in [0.2, 0.25) is 5.02 Å². The molecule has 7 heteroatoms. The Kier molecular flexibility index (Phi) is 4.82. The maximum atomic E-state index is 13.3. The Hall–Kier alpha value is -2.49. The molecule has 0 aliphatic carbocycles. The van der Waals surface area contributed by atoms with Gasteiger partial charge in [-0.05, 0) is 46.8 Å². The molecule has 142 valence electrons. The van der Waals surface area contributed by atoms with E-state index in [1.807, 2.05) is 24.3 Å². The van der Waals surface area contributed by atoms with Crippen LogP contribution in [0.25, 0.3) is 21.2 Å². The fraction of sp³-hybridized carbons (Fsp3) is 0.238. The standard InChI is InChI=1S/C21H15ClF2N2OS/c22-18-11-15(9-16-10-17(12-25)28-19(16)18)13-1-3-14(4-2-13)20(27)26-7-5-21(23,24)6-8-26/h1-4,9-11H,5-8H2. The summed E-state index contributed by atoms with van der Waals surface area (Å²) in [6, 6.07) is 14.8. The van der Waals surface area contributed by atoms with Gasteiger partial charge in [-0.3, -0.25) is 4.79 Å². The molecule has 0 bridgehead atoms. The van der Waals surface area contributed by atoms with Crippen LogP contribution in [0, 0.1) is 11.3 Å². The van der Waals surface area contributed by atoms with Gasteiger partial charge in [0.05, 0.1) is 9.72 Å². The van der Waals surface area contributed by atoms with Gasteiger partial charge in [-0.2, -0.15) is 5.26 Å². The molecule has 1 aliphatic rings. The third-order valence-corrected chi connectivity index (χ3v) is 6.43. The zero-order valence-corrected chi connectivity index (χ0v) is 16.3. The van der Waals surface area contributed by atoms with E-state index in [4.69, 9.17) is 16.9 Å². The zero-order chi connectivity index (χ0) is 19.9. The monoisotopic (exact) mass is 416 g/mol. The summed E-state index contributed by atoms with van der Waals surface area (Å²) >= 11 is 7.72. The van der Waals surface area contributed by atoms with E-state index in [9.17, 15) is 13.6 Å². The lowest BCUT2D eigenvalue weighted by molar-refractivity contribution is -0.0494. The molecule has 0 N–H and O–H groups in total. The summed E-state index contributed by atoms with van der Waals surface area (Å²) in [5, 5.41) is 10.6. The van der Waals surface area contributed by atoms with Crippen LogP contribution in [0.4, 0.5) is 8.78 Å². The van der Waals surface area contributed by atoms with Crippen molar-refractivity contribution < 1.29 is 13.6 Å². The first-order valence-electron chi connectivity index (χ1n) is 8.77. The Bertz CT molecular complexity index is 1090. The molecular weight excluding hydrogens is 402 g/mol. The van der Waals surface area contributed by atoms with Crippen LogP contribution in [0.1, 0.15) is 28.1 Å². The number of nitrogens with zero attached hydrogens (tertiary/aromatic N) is 2. The van der Waals surface area contributed by atoms with Gasteiger partial charge in [0.1, 0.15) is 10.9 Å². The fourth-order valence-corrected chi connectivity index (χ4v) is 4.54.